The fourth-order valence-electron chi connectivity index (χ4n) is 3.01. The molecule has 0 aliphatic carbocycles. The van der Waals surface area contributed by atoms with Gasteiger partial charge in [0, 0.05) is 24.4 Å². The van der Waals surface area contributed by atoms with Crippen LogP contribution in [0.4, 0.5) is 8.78 Å². The third kappa shape index (κ3) is 4.31. The smallest absolute Gasteiger partial charge is 0.265 e. The van der Waals surface area contributed by atoms with Crippen molar-refractivity contribution in [2.45, 2.75) is 36.2 Å². The second kappa shape index (κ2) is 8.41. The van der Waals surface area contributed by atoms with E-state index in [1.165, 1.54) is 18.3 Å². The molecule has 1 unspecified atom stereocenters. The Bertz CT molecular complexity index is 1040. The number of aromatic hydroxyl groups is 1. The highest BCUT2D eigenvalue weighted by Crippen LogP contribution is 2.34. The molecule has 2 N–H and O–H groups in total. The van der Waals surface area contributed by atoms with Gasteiger partial charge in [0.2, 0.25) is 0 Å². The zero-order valence-electron chi connectivity index (χ0n) is 15.9. The number of phenols is 1. The molecular weight excluding hydrogens is 466 g/mol. The van der Waals surface area contributed by atoms with Crippen LogP contribution in [0.3, 0.4) is 0 Å². The van der Waals surface area contributed by atoms with Gasteiger partial charge in [-0.2, -0.15) is 0 Å². The number of nitrogens with one attached hydrogen (secondary N) is 1. The molecule has 1 aliphatic rings. The number of hydrogen-bond donors (Lipinski definition) is 2. The fourth-order valence-corrected chi connectivity index (χ4v) is 5.30. The van der Waals surface area contributed by atoms with Crippen LogP contribution in [0, 0.1) is 18.6 Å². The molecule has 0 bridgehead atoms. The second-order valence-electron chi connectivity index (χ2n) is 6.81. The van der Waals surface area contributed by atoms with Crippen molar-refractivity contribution in [3.63, 3.8) is 0 Å². The van der Waals surface area contributed by atoms with Gasteiger partial charge < -0.3 is 5.11 Å². The molecule has 29 heavy (non-hydrogen) atoms. The number of alkyl halides is 1. The van der Waals surface area contributed by atoms with Crippen molar-refractivity contribution in [1.29, 1.82) is 0 Å². The van der Waals surface area contributed by atoms with E-state index >= 15 is 0 Å². The van der Waals surface area contributed by atoms with E-state index in [9.17, 15) is 22.3 Å². The Morgan fingerprint density at radius 3 is 2.48 bits per heavy atom. The van der Waals surface area contributed by atoms with Crippen LogP contribution in [0.5, 0.6) is 5.75 Å². The number of phenolic OH excluding ortho intramolecular Hbond substituents is 1. The summed E-state index contributed by atoms with van der Waals surface area (Å²) in [5, 5.41) is 13.1. The summed E-state index contributed by atoms with van der Waals surface area (Å²) in [4.78, 5) is -0.0484. The van der Waals surface area contributed by atoms with Gasteiger partial charge in [-0.3, -0.25) is 9.62 Å². The third-order valence-corrected chi connectivity index (χ3v) is 7.35. The molecule has 0 amide bonds. The van der Waals surface area contributed by atoms with Gasteiger partial charge in [0.1, 0.15) is 12.0 Å². The van der Waals surface area contributed by atoms with Gasteiger partial charge in [-0.15, -0.1) is 0 Å². The highest BCUT2D eigenvalue weighted by molar-refractivity contribution is 9.09. The molecular formula is C20H21BrF2N2O3S. The van der Waals surface area contributed by atoms with Crippen LogP contribution >= 0.6 is 15.9 Å². The summed E-state index contributed by atoms with van der Waals surface area (Å²) in [7, 11) is -3.96. The van der Waals surface area contributed by atoms with Gasteiger partial charge >= 0.3 is 0 Å². The van der Waals surface area contributed by atoms with Gasteiger partial charge in [-0.25, -0.2) is 17.2 Å². The Hall–Kier alpha value is -1.97. The second-order valence-corrected chi connectivity index (χ2v) is 9.83. The van der Waals surface area contributed by atoms with Crippen LogP contribution in [-0.2, 0) is 10.0 Å². The molecule has 0 saturated carbocycles. The molecule has 5 nitrogen and oxygen atoms in total. The van der Waals surface area contributed by atoms with Crippen molar-refractivity contribution in [3.05, 3.63) is 65.4 Å². The fraction of sp³-hybridized carbons (Fsp3) is 0.300. The number of rotatable bonds is 6. The first kappa shape index (κ1) is 21.7. The third-order valence-electron chi connectivity index (χ3n) is 4.77. The molecule has 2 aromatic carbocycles. The average Bonchev–Trinajstić information content (AvgIpc) is 2.67. The predicted molar refractivity (Wildman–Crippen MR) is 111 cm³/mol. The van der Waals surface area contributed by atoms with Gasteiger partial charge in [-0.05, 0) is 37.1 Å². The van der Waals surface area contributed by atoms with Crippen molar-refractivity contribution in [2.75, 3.05) is 6.54 Å². The Kier molecular flexibility index (Phi) is 6.30. The van der Waals surface area contributed by atoms with Crippen molar-refractivity contribution in [2.24, 2.45) is 0 Å². The summed E-state index contributed by atoms with van der Waals surface area (Å²) in [6.07, 6.45) is 0.993. The summed E-state index contributed by atoms with van der Waals surface area (Å²) < 4.78 is 55.4. The van der Waals surface area contributed by atoms with Crippen molar-refractivity contribution in [1.82, 2.24) is 9.62 Å². The van der Waals surface area contributed by atoms with Crippen LogP contribution < -0.4 is 5.32 Å². The largest absolute Gasteiger partial charge is 0.504 e. The first-order valence-electron chi connectivity index (χ1n) is 9.02. The lowest BCUT2D eigenvalue weighted by Gasteiger charge is -2.41. The van der Waals surface area contributed by atoms with E-state index in [1.54, 1.807) is 19.1 Å². The first-order valence-corrected chi connectivity index (χ1v) is 11.4. The zero-order chi connectivity index (χ0) is 21.3. The highest BCUT2D eigenvalue weighted by Gasteiger charge is 2.39. The predicted octanol–water partition coefficient (Wildman–Crippen LogP) is 4.11. The first-order chi connectivity index (χ1) is 13.6. The quantitative estimate of drug-likeness (QED) is 0.602. The van der Waals surface area contributed by atoms with E-state index in [1.807, 2.05) is 6.92 Å². The molecule has 1 saturated heterocycles. The van der Waals surface area contributed by atoms with E-state index in [4.69, 9.17) is 0 Å². The van der Waals surface area contributed by atoms with Crippen LogP contribution in [0.1, 0.15) is 24.5 Å². The number of nitrogens with zero attached hydrogens (tertiary/aromatic N) is 1. The van der Waals surface area contributed by atoms with E-state index < -0.39 is 33.6 Å². The Balaban J connectivity index is 2.13. The molecule has 2 aromatic rings. The lowest BCUT2D eigenvalue weighted by atomic mass is 10.0. The molecule has 9 heteroatoms. The monoisotopic (exact) mass is 486 g/mol. The van der Waals surface area contributed by atoms with Crippen LogP contribution in [0.2, 0.25) is 0 Å². The standard InChI is InChI=1S/C20H21BrF2N2O3S/c1-3-13(16-8-14(22)9-18(23)19(16)26)11-25(20-17(21)10-24-20)29(27,28)15-6-4-12(2)5-7-15/h4-9,11,17,20,24,26H,3,10H2,1-2H3/b13-11+/t17-,20?/m0/s1. The number of benzene rings is 2. The Morgan fingerprint density at radius 1 is 1.31 bits per heavy atom. The molecule has 0 spiro atoms. The maximum Gasteiger partial charge on any atom is 0.265 e. The molecule has 3 rings (SSSR count). The molecule has 1 aliphatic heterocycles. The number of allylic oxidation sites excluding steroid dienone is 1. The summed E-state index contributed by atoms with van der Waals surface area (Å²) in [6, 6.07) is 7.99. The van der Waals surface area contributed by atoms with Gasteiger partial charge in [-0.1, -0.05) is 40.5 Å². The van der Waals surface area contributed by atoms with Gasteiger partial charge in [0.05, 0.1) is 9.72 Å². The lowest BCUT2D eigenvalue weighted by Crippen LogP contribution is -2.62. The zero-order valence-corrected chi connectivity index (χ0v) is 18.3. The van der Waals surface area contributed by atoms with Crippen molar-refractivity contribution < 1.29 is 22.3 Å². The number of halogens is 3. The maximum absolute atomic E-state index is 13.8. The van der Waals surface area contributed by atoms with E-state index in [-0.39, 0.29) is 27.3 Å². The SMILES string of the molecule is CC/C(=C\N(C1NC[C@@H]1Br)S(=O)(=O)c1ccc(C)cc1)c1cc(F)cc(F)c1O. The normalized spacial score (nSPS) is 19.7. The Labute approximate surface area is 177 Å². The summed E-state index contributed by atoms with van der Waals surface area (Å²) >= 11 is 3.44. The number of hydrogen-bond acceptors (Lipinski definition) is 4. The molecule has 1 heterocycles. The minimum atomic E-state index is -3.96. The average molecular weight is 487 g/mol. The summed E-state index contributed by atoms with van der Waals surface area (Å²) in [6.45, 7) is 4.14. The molecule has 156 valence electrons. The summed E-state index contributed by atoms with van der Waals surface area (Å²) in [5.74, 6) is -2.68. The van der Waals surface area contributed by atoms with Crippen LogP contribution in [-0.4, -0.2) is 35.4 Å². The molecule has 1 fully saturated rings. The molecule has 0 aromatic heterocycles. The Morgan fingerprint density at radius 2 is 1.97 bits per heavy atom. The highest BCUT2D eigenvalue weighted by atomic mass is 79.9. The lowest BCUT2D eigenvalue weighted by molar-refractivity contribution is 0.257. The van der Waals surface area contributed by atoms with E-state index in [0.717, 1.165) is 15.9 Å². The van der Waals surface area contributed by atoms with Gasteiger partial charge in [0.25, 0.3) is 10.0 Å². The summed E-state index contributed by atoms with van der Waals surface area (Å²) in [5.41, 5.74) is 1.12. The topological polar surface area (TPSA) is 69.6 Å². The van der Waals surface area contributed by atoms with Gasteiger partial charge in [0.15, 0.2) is 11.6 Å². The van der Waals surface area contributed by atoms with E-state index in [2.05, 4.69) is 21.2 Å². The van der Waals surface area contributed by atoms with Crippen LogP contribution in [0.15, 0.2) is 47.5 Å². The minimum Gasteiger partial charge on any atom is -0.504 e. The van der Waals surface area contributed by atoms with Crippen molar-refractivity contribution >= 4 is 31.5 Å². The number of aryl methyl sites for hydroxylation is 1. The maximum atomic E-state index is 13.8. The van der Waals surface area contributed by atoms with E-state index in [0.29, 0.717) is 12.6 Å². The molecule has 0 radical (unpaired) electrons. The number of sulfonamides is 1. The van der Waals surface area contributed by atoms with Crippen molar-refractivity contribution in [3.8, 4) is 5.75 Å². The molecule has 2 atom stereocenters. The minimum absolute atomic E-state index is 0.0837. The van der Waals surface area contributed by atoms with Crippen LogP contribution in [0.25, 0.3) is 5.57 Å².